The van der Waals surface area contributed by atoms with E-state index < -0.39 is 17.5 Å². The second-order valence-electron chi connectivity index (χ2n) is 5.61. The van der Waals surface area contributed by atoms with E-state index in [9.17, 15) is 22.0 Å². The topological polar surface area (TPSA) is 42.7 Å². The van der Waals surface area contributed by atoms with E-state index in [-0.39, 0.29) is 44.8 Å². The maximum Gasteiger partial charge on any atom is 0.416 e. The highest BCUT2D eigenvalue weighted by Gasteiger charge is 2.32. The minimum Gasteiger partial charge on any atom is -0.363 e. The molecule has 29 heavy (non-hydrogen) atoms. The Morgan fingerprint density at radius 1 is 1.14 bits per heavy atom. The molecule has 4 nitrogen and oxygen atoms in total. The van der Waals surface area contributed by atoms with Crippen LogP contribution in [0.4, 0.5) is 27.8 Å². The van der Waals surface area contributed by atoms with E-state index in [0.717, 1.165) is 10.9 Å². The summed E-state index contributed by atoms with van der Waals surface area (Å²) in [6.07, 6.45) is -1.93. The van der Waals surface area contributed by atoms with Crippen LogP contribution in [-0.4, -0.2) is 20.5 Å². The van der Waals surface area contributed by atoms with Gasteiger partial charge in [-0.2, -0.15) is 27.1 Å². The normalized spacial score (nSPS) is 11.9. The van der Waals surface area contributed by atoms with Crippen LogP contribution in [0.3, 0.4) is 0 Å². The summed E-state index contributed by atoms with van der Waals surface area (Å²) in [6, 6.07) is 6.58. The first kappa shape index (κ1) is 21.7. The zero-order valence-corrected chi connectivity index (χ0v) is 16.5. The third-order valence-electron chi connectivity index (χ3n) is 3.67. The predicted octanol–water partition coefficient (Wildman–Crippen LogP) is 6.52. The number of hydrogen-bond acceptors (Lipinski definition) is 4. The van der Waals surface area contributed by atoms with E-state index in [1.165, 1.54) is 0 Å². The van der Waals surface area contributed by atoms with E-state index in [4.69, 9.17) is 23.2 Å². The van der Waals surface area contributed by atoms with Crippen molar-refractivity contribution in [1.82, 2.24) is 14.8 Å². The summed E-state index contributed by atoms with van der Waals surface area (Å²) < 4.78 is 65.9. The third kappa shape index (κ3) is 5.12. The lowest BCUT2D eigenvalue weighted by atomic mass is 10.2. The minimum atomic E-state index is -4.65. The Morgan fingerprint density at radius 2 is 1.83 bits per heavy atom. The van der Waals surface area contributed by atoms with Gasteiger partial charge >= 0.3 is 6.18 Å². The SMILES string of the molecule is FC(F)Sc1cnn(-c2c(Cl)cc(C(F)(F)F)cc2Cl)c1NCc1ccccn1. The molecule has 0 saturated carbocycles. The first-order valence-corrected chi connectivity index (χ1v) is 9.53. The molecule has 0 fully saturated rings. The van der Waals surface area contributed by atoms with Crippen LogP contribution in [-0.2, 0) is 12.7 Å². The number of aromatic nitrogens is 3. The fourth-order valence-electron chi connectivity index (χ4n) is 2.46. The molecule has 0 atom stereocenters. The molecule has 3 aromatic rings. The summed E-state index contributed by atoms with van der Waals surface area (Å²) in [6.45, 7) is 0.152. The van der Waals surface area contributed by atoms with Crippen molar-refractivity contribution < 1.29 is 22.0 Å². The van der Waals surface area contributed by atoms with Crippen LogP contribution in [0.15, 0.2) is 47.6 Å². The average Bonchev–Trinajstić information content (AvgIpc) is 3.01. The standard InChI is InChI=1S/C17H11Cl2F5N4S/c18-11-5-9(17(22,23)24)6-12(19)14(11)28-15(13(8-27-28)29-16(20)21)26-7-10-3-1-2-4-25-10/h1-6,8,16,26H,7H2. The van der Waals surface area contributed by atoms with Gasteiger partial charge in [0.05, 0.1) is 38.9 Å². The molecule has 12 heteroatoms. The predicted molar refractivity (Wildman–Crippen MR) is 102 cm³/mol. The Hall–Kier alpha value is -2.04. The fourth-order valence-corrected chi connectivity index (χ4v) is 3.67. The highest BCUT2D eigenvalue weighted by Crippen LogP contribution is 2.40. The zero-order valence-electron chi connectivity index (χ0n) is 14.2. The highest BCUT2D eigenvalue weighted by atomic mass is 35.5. The van der Waals surface area contributed by atoms with Crippen LogP contribution < -0.4 is 5.32 Å². The molecule has 3 rings (SSSR count). The van der Waals surface area contributed by atoms with Crippen molar-refractivity contribution in [3.63, 3.8) is 0 Å². The van der Waals surface area contributed by atoms with Gasteiger partial charge in [-0.15, -0.1) is 0 Å². The van der Waals surface area contributed by atoms with Crippen LogP contribution >= 0.6 is 35.0 Å². The number of hydrogen-bond donors (Lipinski definition) is 1. The van der Waals surface area contributed by atoms with Crippen LogP contribution in [0.25, 0.3) is 5.69 Å². The summed E-state index contributed by atoms with van der Waals surface area (Å²) in [5.74, 6) is -2.63. The number of nitrogens with one attached hydrogen (secondary N) is 1. The van der Waals surface area contributed by atoms with Gasteiger partial charge in [-0.25, -0.2) is 4.68 Å². The monoisotopic (exact) mass is 468 g/mol. The molecule has 2 aromatic heterocycles. The van der Waals surface area contributed by atoms with Gasteiger partial charge in [-0.1, -0.05) is 29.3 Å². The molecule has 0 radical (unpaired) electrons. The number of halogens is 7. The fraction of sp³-hybridized carbons (Fsp3) is 0.176. The second-order valence-corrected chi connectivity index (χ2v) is 7.45. The highest BCUT2D eigenvalue weighted by molar-refractivity contribution is 7.99. The summed E-state index contributed by atoms with van der Waals surface area (Å²) in [4.78, 5) is 4.19. The van der Waals surface area contributed by atoms with Crippen LogP contribution in [0.2, 0.25) is 10.0 Å². The Labute approximate surface area is 176 Å². The molecule has 0 unspecified atom stereocenters. The molecule has 0 amide bonds. The van der Waals surface area contributed by atoms with Gasteiger partial charge in [-0.3, -0.25) is 4.98 Å². The van der Waals surface area contributed by atoms with Gasteiger partial charge in [0.15, 0.2) is 0 Å². The first-order chi connectivity index (χ1) is 13.7. The van der Waals surface area contributed by atoms with Crippen molar-refractivity contribution in [2.45, 2.75) is 23.4 Å². The number of rotatable bonds is 6. The lowest BCUT2D eigenvalue weighted by molar-refractivity contribution is -0.137. The Morgan fingerprint density at radius 3 is 2.38 bits per heavy atom. The molecule has 0 spiro atoms. The van der Waals surface area contributed by atoms with Crippen molar-refractivity contribution in [3.05, 3.63) is 64.0 Å². The molecule has 154 valence electrons. The first-order valence-electron chi connectivity index (χ1n) is 7.90. The summed E-state index contributed by atoms with van der Waals surface area (Å²) >= 11 is 12.3. The van der Waals surface area contributed by atoms with Gasteiger partial charge in [0.2, 0.25) is 0 Å². The van der Waals surface area contributed by atoms with E-state index >= 15 is 0 Å². The Bertz CT molecular complexity index is 972. The van der Waals surface area contributed by atoms with E-state index in [2.05, 4.69) is 15.4 Å². The number of thioether (sulfide) groups is 1. The summed E-state index contributed by atoms with van der Waals surface area (Å²) in [5.41, 5.74) is -0.489. The third-order valence-corrected chi connectivity index (χ3v) is 4.98. The van der Waals surface area contributed by atoms with Gasteiger partial charge in [-0.05, 0) is 36.0 Å². The molecule has 0 aliphatic heterocycles. The van der Waals surface area contributed by atoms with E-state index in [1.807, 2.05) is 0 Å². The Kier molecular flexibility index (Phi) is 6.55. The number of alkyl halides is 5. The van der Waals surface area contributed by atoms with Crippen LogP contribution in [0.1, 0.15) is 11.3 Å². The minimum absolute atomic E-state index is 0.0639. The number of nitrogens with zero attached hydrogens (tertiary/aromatic N) is 3. The number of benzene rings is 1. The maximum atomic E-state index is 13.0. The van der Waals surface area contributed by atoms with Crippen molar-refractivity contribution in [2.24, 2.45) is 0 Å². The molecule has 0 bridgehead atoms. The zero-order chi connectivity index (χ0) is 21.2. The van der Waals surface area contributed by atoms with Gasteiger partial charge in [0.25, 0.3) is 5.76 Å². The molecule has 1 N–H and O–H groups in total. The summed E-state index contributed by atoms with van der Waals surface area (Å²) in [5, 5.41) is 6.26. The lowest BCUT2D eigenvalue weighted by Gasteiger charge is -2.16. The lowest BCUT2D eigenvalue weighted by Crippen LogP contribution is -2.10. The van der Waals surface area contributed by atoms with E-state index in [0.29, 0.717) is 17.8 Å². The molecule has 1 aromatic carbocycles. The average molecular weight is 469 g/mol. The van der Waals surface area contributed by atoms with Crippen molar-refractivity contribution in [2.75, 3.05) is 5.32 Å². The molecule has 2 heterocycles. The van der Waals surface area contributed by atoms with Crippen LogP contribution in [0.5, 0.6) is 0 Å². The number of anilines is 1. The van der Waals surface area contributed by atoms with Crippen molar-refractivity contribution >= 4 is 40.8 Å². The molecular weight excluding hydrogens is 458 g/mol. The van der Waals surface area contributed by atoms with Crippen LogP contribution in [0, 0.1) is 0 Å². The smallest absolute Gasteiger partial charge is 0.363 e. The van der Waals surface area contributed by atoms with Gasteiger partial charge in [0, 0.05) is 6.20 Å². The van der Waals surface area contributed by atoms with Crippen molar-refractivity contribution in [3.8, 4) is 5.69 Å². The molecule has 0 saturated heterocycles. The van der Waals surface area contributed by atoms with Crippen molar-refractivity contribution in [1.29, 1.82) is 0 Å². The maximum absolute atomic E-state index is 13.0. The quantitative estimate of drug-likeness (QED) is 0.330. The largest absolute Gasteiger partial charge is 0.416 e. The summed E-state index contributed by atoms with van der Waals surface area (Å²) in [7, 11) is 0. The molecule has 0 aliphatic carbocycles. The van der Waals surface area contributed by atoms with Gasteiger partial charge in [0.1, 0.15) is 11.5 Å². The number of pyridine rings is 1. The van der Waals surface area contributed by atoms with Gasteiger partial charge < -0.3 is 5.32 Å². The van der Waals surface area contributed by atoms with E-state index in [1.54, 1.807) is 24.4 Å². The Balaban J connectivity index is 2.04. The molecular formula is C17H11Cl2F5N4S. The second kappa shape index (κ2) is 8.76. The molecule has 0 aliphatic rings.